The highest BCUT2D eigenvalue weighted by Gasteiger charge is 2.14. The number of rotatable bonds is 1. The van der Waals surface area contributed by atoms with Gasteiger partial charge in [0.15, 0.2) is 0 Å². The van der Waals surface area contributed by atoms with Gasteiger partial charge < -0.3 is 4.57 Å². The maximum absolute atomic E-state index is 11.7. The lowest BCUT2D eigenvalue weighted by molar-refractivity contribution is 0.809. The molecule has 0 fully saturated rings. The zero-order chi connectivity index (χ0) is 14.2. The molecule has 0 atom stereocenters. The molecule has 2 rings (SSSR count). The van der Waals surface area contributed by atoms with E-state index in [9.17, 15) is 10.1 Å². The maximum Gasteiger partial charge on any atom is 0.347 e. The van der Waals surface area contributed by atoms with E-state index in [1.54, 1.807) is 7.05 Å². The van der Waals surface area contributed by atoms with Gasteiger partial charge in [0.2, 0.25) is 0 Å². The van der Waals surface area contributed by atoms with E-state index >= 15 is 0 Å². The smallest absolute Gasteiger partial charge is 0.301 e. The minimum atomic E-state index is -0.353. The number of hydrogen-bond acceptors (Lipinski definition) is 3. The lowest BCUT2D eigenvalue weighted by atomic mass is 9.95. The fourth-order valence-corrected chi connectivity index (χ4v) is 2.37. The van der Waals surface area contributed by atoms with E-state index < -0.39 is 0 Å². The molecule has 4 heteroatoms. The normalized spacial score (nSPS) is 10.3. The molecule has 0 radical (unpaired) electrons. The van der Waals surface area contributed by atoms with Crippen LogP contribution >= 0.6 is 0 Å². The monoisotopic (exact) mass is 253 g/mol. The van der Waals surface area contributed by atoms with Crippen LogP contribution in [0.5, 0.6) is 0 Å². The molecule has 0 N–H and O–H groups in total. The van der Waals surface area contributed by atoms with Crippen LogP contribution in [0.25, 0.3) is 11.3 Å². The van der Waals surface area contributed by atoms with Crippen LogP contribution in [0.4, 0.5) is 0 Å². The van der Waals surface area contributed by atoms with Crippen molar-refractivity contribution in [2.45, 2.75) is 20.8 Å². The molecule has 0 aliphatic carbocycles. The minimum Gasteiger partial charge on any atom is -0.301 e. The summed E-state index contributed by atoms with van der Waals surface area (Å²) in [5.41, 5.74) is 4.61. The zero-order valence-corrected chi connectivity index (χ0v) is 11.5. The largest absolute Gasteiger partial charge is 0.347 e. The van der Waals surface area contributed by atoms with Gasteiger partial charge in [-0.2, -0.15) is 10.2 Å². The number of aromatic nitrogens is 2. The summed E-state index contributed by atoms with van der Waals surface area (Å²) in [4.78, 5) is 15.8. The van der Waals surface area contributed by atoms with E-state index in [-0.39, 0.29) is 5.69 Å². The summed E-state index contributed by atoms with van der Waals surface area (Å²) in [6.07, 6.45) is 1.53. The average molecular weight is 253 g/mol. The van der Waals surface area contributed by atoms with Gasteiger partial charge >= 0.3 is 5.69 Å². The van der Waals surface area contributed by atoms with Crippen LogP contribution in [0, 0.1) is 32.1 Å². The summed E-state index contributed by atoms with van der Waals surface area (Å²) in [7, 11) is 1.59. The molecule has 4 nitrogen and oxygen atoms in total. The zero-order valence-electron chi connectivity index (χ0n) is 11.5. The van der Waals surface area contributed by atoms with Crippen molar-refractivity contribution in [1.29, 1.82) is 5.26 Å². The first-order valence-corrected chi connectivity index (χ1v) is 6.00. The standard InChI is InChI=1S/C15H15N3O/c1-9-5-10(2)13(11(3)6-9)14-12(7-16)8-18(4)15(19)17-14/h5-6,8H,1-4H3. The first-order chi connectivity index (χ1) is 8.93. The summed E-state index contributed by atoms with van der Waals surface area (Å²) in [5, 5.41) is 9.23. The van der Waals surface area contributed by atoms with E-state index in [4.69, 9.17) is 0 Å². The maximum atomic E-state index is 11.7. The second kappa shape index (κ2) is 4.69. The van der Waals surface area contributed by atoms with E-state index in [0.717, 1.165) is 22.3 Å². The Labute approximate surface area is 112 Å². The Morgan fingerprint density at radius 1 is 1.21 bits per heavy atom. The third kappa shape index (κ3) is 2.27. The van der Waals surface area contributed by atoms with Crippen LogP contribution in [0.3, 0.4) is 0 Å². The molecule has 2 aromatic rings. The van der Waals surface area contributed by atoms with Crippen LogP contribution < -0.4 is 5.69 Å². The summed E-state index contributed by atoms with van der Waals surface area (Å²) in [5.74, 6) is 0. The fourth-order valence-electron chi connectivity index (χ4n) is 2.37. The highest BCUT2D eigenvalue weighted by atomic mass is 16.1. The number of hydrogen-bond donors (Lipinski definition) is 0. The van der Waals surface area contributed by atoms with Gasteiger partial charge in [0.25, 0.3) is 0 Å². The number of aryl methyl sites for hydroxylation is 4. The Kier molecular flexibility index (Phi) is 3.22. The molecule has 0 aliphatic rings. The number of nitriles is 1. The van der Waals surface area contributed by atoms with Crippen molar-refractivity contribution in [1.82, 2.24) is 9.55 Å². The van der Waals surface area contributed by atoms with Gasteiger partial charge in [-0.3, -0.25) is 0 Å². The lowest BCUT2D eigenvalue weighted by Gasteiger charge is -2.12. The van der Waals surface area contributed by atoms with Crippen molar-refractivity contribution in [2.75, 3.05) is 0 Å². The Balaban J connectivity index is 2.84. The molecule has 0 amide bonds. The number of nitrogens with zero attached hydrogens (tertiary/aromatic N) is 3. The molecule has 0 saturated carbocycles. The SMILES string of the molecule is Cc1cc(C)c(-c2nc(=O)n(C)cc2C#N)c(C)c1. The molecule has 19 heavy (non-hydrogen) atoms. The van der Waals surface area contributed by atoms with Crippen LogP contribution in [0.15, 0.2) is 23.1 Å². The third-order valence-corrected chi connectivity index (χ3v) is 3.12. The van der Waals surface area contributed by atoms with E-state index in [0.29, 0.717) is 11.3 Å². The average Bonchev–Trinajstić information content (AvgIpc) is 2.32. The Bertz CT molecular complexity index is 728. The lowest BCUT2D eigenvalue weighted by Crippen LogP contribution is -2.21. The molecule has 0 unspecified atom stereocenters. The quantitative estimate of drug-likeness (QED) is 0.783. The highest BCUT2D eigenvalue weighted by Crippen LogP contribution is 2.28. The predicted octanol–water partition coefficient (Wildman–Crippen LogP) is 2.24. The van der Waals surface area contributed by atoms with Gasteiger partial charge in [0.05, 0.1) is 11.3 Å². The van der Waals surface area contributed by atoms with Crippen LogP contribution in [-0.4, -0.2) is 9.55 Å². The molecule has 0 spiro atoms. The van der Waals surface area contributed by atoms with Crippen molar-refractivity contribution < 1.29 is 0 Å². The molecule has 96 valence electrons. The highest BCUT2D eigenvalue weighted by molar-refractivity contribution is 5.72. The molecular formula is C15H15N3O. The molecule has 1 heterocycles. The number of benzene rings is 1. The van der Waals surface area contributed by atoms with Gasteiger partial charge in [-0.05, 0) is 31.9 Å². The second-order valence-electron chi connectivity index (χ2n) is 4.78. The van der Waals surface area contributed by atoms with Crippen molar-refractivity contribution >= 4 is 0 Å². The molecule has 1 aromatic heterocycles. The molecular weight excluding hydrogens is 238 g/mol. The van der Waals surface area contributed by atoms with Gasteiger partial charge in [-0.1, -0.05) is 17.7 Å². The Morgan fingerprint density at radius 3 is 2.32 bits per heavy atom. The van der Waals surface area contributed by atoms with Crippen molar-refractivity contribution in [2.24, 2.45) is 7.05 Å². The van der Waals surface area contributed by atoms with E-state index in [1.165, 1.54) is 10.8 Å². The summed E-state index contributed by atoms with van der Waals surface area (Å²) < 4.78 is 1.32. The van der Waals surface area contributed by atoms with Crippen molar-refractivity contribution in [3.05, 3.63) is 51.1 Å². The summed E-state index contributed by atoms with van der Waals surface area (Å²) in [6.45, 7) is 5.96. The van der Waals surface area contributed by atoms with Crippen LogP contribution in [0.2, 0.25) is 0 Å². The second-order valence-corrected chi connectivity index (χ2v) is 4.78. The topological polar surface area (TPSA) is 58.7 Å². The van der Waals surface area contributed by atoms with Crippen LogP contribution in [0.1, 0.15) is 22.3 Å². The van der Waals surface area contributed by atoms with E-state index in [2.05, 4.69) is 11.1 Å². The third-order valence-electron chi connectivity index (χ3n) is 3.12. The van der Waals surface area contributed by atoms with Crippen molar-refractivity contribution in [3.63, 3.8) is 0 Å². The summed E-state index contributed by atoms with van der Waals surface area (Å²) in [6, 6.07) is 6.17. The molecule has 0 aliphatic heterocycles. The molecule has 1 aromatic carbocycles. The first-order valence-electron chi connectivity index (χ1n) is 6.00. The van der Waals surface area contributed by atoms with Crippen LogP contribution in [-0.2, 0) is 7.05 Å². The fraction of sp³-hybridized carbons (Fsp3) is 0.267. The van der Waals surface area contributed by atoms with Gasteiger partial charge in [0.1, 0.15) is 6.07 Å². The molecule has 0 saturated heterocycles. The Hall–Kier alpha value is -2.41. The molecule has 0 bridgehead atoms. The van der Waals surface area contributed by atoms with Gasteiger partial charge in [-0.25, -0.2) is 4.79 Å². The van der Waals surface area contributed by atoms with E-state index in [1.807, 2.05) is 32.9 Å². The predicted molar refractivity (Wildman–Crippen MR) is 73.8 cm³/mol. The first kappa shape index (κ1) is 13.0. The van der Waals surface area contributed by atoms with Gasteiger partial charge in [-0.15, -0.1) is 0 Å². The van der Waals surface area contributed by atoms with Gasteiger partial charge in [0, 0.05) is 18.8 Å². The van der Waals surface area contributed by atoms with Crippen molar-refractivity contribution in [3.8, 4) is 17.3 Å². The minimum absolute atomic E-state index is 0.353. The summed E-state index contributed by atoms with van der Waals surface area (Å²) >= 11 is 0. The Morgan fingerprint density at radius 2 is 1.79 bits per heavy atom.